The Hall–Kier alpha value is -1.92. The molecule has 1 amide bonds. The van der Waals surface area contributed by atoms with E-state index in [1.54, 1.807) is 4.90 Å². The minimum absolute atomic E-state index is 0.00371. The van der Waals surface area contributed by atoms with E-state index in [9.17, 15) is 14.7 Å². The van der Waals surface area contributed by atoms with Gasteiger partial charge in [-0.05, 0) is 18.4 Å². The van der Waals surface area contributed by atoms with Crippen molar-refractivity contribution in [2.45, 2.75) is 37.4 Å². The second-order valence-electron chi connectivity index (χ2n) is 6.61. The van der Waals surface area contributed by atoms with E-state index >= 15 is 0 Å². The molecular formula is C18H23NO5. The fourth-order valence-corrected chi connectivity index (χ4v) is 3.55. The van der Waals surface area contributed by atoms with Crippen molar-refractivity contribution in [3.63, 3.8) is 0 Å². The summed E-state index contributed by atoms with van der Waals surface area (Å²) in [6.07, 6.45) is 1.48. The first-order valence-electron chi connectivity index (χ1n) is 8.42. The number of nitrogens with zero attached hydrogens (tertiary/aromatic N) is 1. The smallest absolute Gasteiger partial charge is 0.335 e. The lowest BCUT2D eigenvalue weighted by Gasteiger charge is -2.39. The third-order valence-electron chi connectivity index (χ3n) is 5.07. The van der Waals surface area contributed by atoms with Crippen LogP contribution in [-0.2, 0) is 14.3 Å². The average molecular weight is 333 g/mol. The summed E-state index contributed by atoms with van der Waals surface area (Å²) >= 11 is 0. The first kappa shape index (κ1) is 16.9. The van der Waals surface area contributed by atoms with Gasteiger partial charge in [-0.1, -0.05) is 30.3 Å². The summed E-state index contributed by atoms with van der Waals surface area (Å²) in [5.74, 6) is -1.47. The lowest BCUT2D eigenvalue weighted by atomic mass is 9.86. The molecule has 2 fully saturated rings. The standard InChI is InChI=1S/C18H23NO5/c20-16(19-10-8-18(23,9-11-19)17(21)22)14-7-4-12-24-15(14)13-5-2-1-3-6-13/h1-3,5-6,14-15,23H,4,7-12H2,(H,21,22). The monoisotopic (exact) mass is 333 g/mol. The molecule has 2 atom stereocenters. The SMILES string of the molecule is O=C(C1CCCOC1c1ccccc1)N1CCC(O)(C(=O)O)CC1. The maximum atomic E-state index is 12.9. The first-order chi connectivity index (χ1) is 11.5. The molecule has 0 spiro atoms. The summed E-state index contributed by atoms with van der Waals surface area (Å²) < 4.78 is 5.88. The van der Waals surface area contributed by atoms with Crippen molar-refractivity contribution < 1.29 is 24.5 Å². The average Bonchev–Trinajstić information content (AvgIpc) is 2.62. The third kappa shape index (κ3) is 3.30. The van der Waals surface area contributed by atoms with E-state index in [0.717, 1.165) is 18.4 Å². The van der Waals surface area contributed by atoms with Crippen LogP contribution < -0.4 is 0 Å². The number of carbonyl (C=O) groups excluding carboxylic acids is 1. The molecule has 2 unspecified atom stereocenters. The van der Waals surface area contributed by atoms with Gasteiger partial charge in [0.2, 0.25) is 5.91 Å². The van der Waals surface area contributed by atoms with Gasteiger partial charge in [0.1, 0.15) is 0 Å². The van der Waals surface area contributed by atoms with Crippen LogP contribution in [0.1, 0.15) is 37.4 Å². The van der Waals surface area contributed by atoms with Gasteiger partial charge in [0, 0.05) is 32.5 Å². The molecule has 0 aliphatic carbocycles. The number of piperidine rings is 1. The number of benzene rings is 1. The summed E-state index contributed by atoms with van der Waals surface area (Å²) in [4.78, 5) is 25.7. The maximum Gasteiger partial charge on any atom is 0.335 e. The summed E-state index contributed by atoms with van der Waals surface area (Å²) in [5.41, 5.74) is -0.715. The minimum Gasteiger partial charge on any atom is -0.479 e. The summed E-state index contributed by atoms with van der Waals surface area (Å²) in [6.45, 7) is 1.17. The number of carboxylic acid groups (broad SMARTS) is 1. The topological polar surface area (TPSA) is 87.1 Å². The Kier molecular flexibility index (Phi) is 4.87. The number of hydrogen-bond donors (Lipinski definition) is 2. The van der Waals surface area contributed by atoms with Gasteiger partial charge in [0.25, 0.3) is 0 Å². The van der Waals surface area contributed by atoms with Crippen molar-refractivity contribution in [2.75, 3.05) is 19.7 Å². The molecule has 2 N–H and O–H groups in total. The van der Waals surface area contributed by atoms with E-state index in [1.165, 1.54) is 0 Å². The van der Waals surface area contributed by atoms with Crippen LogP contribution in [0.15, 0.2) is 30.3 Å². The van der Waals surface area contributed by atoms with Crippen molar-refractivity contribution >= 4 is 11.9 Å². The van der Waals surface area contributed by atoms with Gasteiger partial charge in [-0.25, -0.2) is 4.79 Å². The van der Waals surface area contributed by atoms with Crippen LogP contribution in [0.3, 0.4) is 0 Å². The predicted octanol–water partition coefficient (Wildman–Crippen LogP) is 1.59. The van der Waals surface area contributed by atoms with Gasteiger partial charge in [-0.3, -0.25) is 4.79 Å². The Bertz CT molecular complexity index is 595. The van der Waals surface area contributed by atoms with Crippen LogP contribution >= 0.6 is 0 Å². The summed E-state index contributed by atoms with van der Waals surface area (Å²) in [6, 6.07) is 9.73. The van der Waals surface area contributed by atoms with Crippen molar-refractivity contribution in [1.29, 1.82) is 0 Å². The van der Waals surface area contributed by atoms with Crippen LogP contribution in [0.4, 0.5) is 0 Å². The molecule has 2 saturated heterocycles. The normalized spacial score (nSPS) is 26.8. The molecule has 130 valence electrons. The van der Waals surface area contributed by atoms with Gasteiger partial charge in [-0.2, -0.15) is 0 Å². The highest BCUT2D eigenvalue weighted by molar-refractivity contribution is 5.81. The summed E-state index contributed by atoms with van der Waals surface area (Å²) in [5, 5.41) is 19.1. The molecule has 2 aliphatic heterocycles. The third-order valence-corrected chi connectivity index (χ3v) is 5.07. The molecular weight excluding hydrogens is 310 g/mol. The number of rotatable bonds is 3. The zero-order valence-corrected chi connectivity index (χ0v) is 13.6. The quantitative estimate of drug-likeness (QED) is 0.877. The van der Waals surface area contributed by atoms with E-state index in [1.807, 2.05) is 30.3 Å². The number of aliphatic hydroxyl groups is 1. The Labute approximate surface area is 141 Å². The molecule has 2 aliphatic rings. The predicted molar refractivity (Wildman–Crippen MR) is 86.3 cm³/mol. The van der Waals surface area contributed by atoms with Gasteiger partial charge in [-0.15, -0.1) is 0 Å². The van der Waals surface area contributed by atoms with E-state index in [-0.39, 0.29) is 43.9 Å². The Morgan fingerprint density at radius 1 is 1.17 bits per heavy atom. The molecule has 0 aromatic heterocycles. The first-order valence-corrected chi connectivity index (χ1v) is 8.42. The van der Waals surface area contributed by atoms with Crippen molar-refractivity contribution in [3.8, 4) is 0 Å². The highest BCUT2D eigenvalue weighted by Crippen LogP contribution is 2.36. The highest BCUT2D eigenvalue weighted by Gasteiger charge is 2.43. The lowest BCUT2D eigenvalue weighted by molar-refractivity contribution is -0.167. The van der Waals surface area contributed by atoms with E-state index in [4.69, 9.17) is 9.84 Å². The Morgan fingerprint density at radius 2 is 1.83 bits per heavy atom. The molecule has 2 heterocycles. The second-order valence-corrected chi connectivity index (χ2v) is 6.61. The molecule has 6 heteroatoms. The number of hydrogen-bond acceptors (Lipinski definition) is 4. The molecule has 1 aromatic carbocycles. The number of carboxylic acids is 1. The van der Waals surface area contributed by atoms with E-state index in [2.05, 4.69) is 0 Å². The van der Waals surface area contributed by atoms with Crippen molar-refractivity contribution in [1.82, 2.24) is 4.90 Å². The van der Waals surface area contributed by atoms with Crippen LogP contribution in [0.5, 0.6) is 0 Å². The molecule has 6 nitrogen and oxygen atoms in total. The molecule has 24 heavy (non-hydrogen) atoms. The highest BCUT2D eigenvalue weighted by atomic mass is 16.5. The second kappa shape index (κ2) is 6.91. The number of likely N-dealkylation sites (tertiary alicyclic amines) is 1. The van der Waals surface area contributed by atoms with Gasteiger partial charge in [0.05, 0.1) is 12.0 Å². The van der Waals surface area contributed by atoms with Gasteiger partial charge < -0.3 is 19.8 Å². The molecule has 3 rings (SSSR count). The Balaban J connectivity index is 1.70. The zero-order valence-electron chi connectivity index (χ0n) is 13.6. The largest absolute Gasteiger partial charge is 0.479 e. The van der Waals surface area contributed by atoms with Gasteiger partial charge in [0.15, 0.2) is 5.60 Å². The maximum absolute atomic E-state index is 12.9. The van der Waals surface area contributed by atoms with Crippen LogP contribution in [-0.4, -0.2) is 52.3 Å². The van der Waals surface area contributed by atoms with Crippen molar-refractivity contribution in [2.24, 2.45) is 5.92 Å². The summed E-state index contributed by atoms with van der Waals surface area (Å²) in [7, 11) is 0. The number of ether oxygens (including phenoxy) is 1. The minimum atomic E-state index is -1.71. The zero-order chi connectivity index (χ0) is 17.2. The molecule has 1 aromatic rings. The number of carbonyl (C=O) groups is 2. The number of amides is 1. The van der Waals surface area contributed by atoms with Crippen LogP contribution in [0.2, 0.25) is 0 Å². The van der Waals surface area contributed by atoms with Crippen LogP contribution in [0.25, 0.3) is 0 Å². The van der Waals surface area contributed by atoms with E-state index < -0.39 is 11.6 Å². The van der Waals surface area contributed by atoms with Crippen LogP contribution in [0, 0.1) is 5.92 Å². The van der Waals surface area contributed by atoms with Gasteiger partial charge >= 0.3 is 5.97 Å². The fraction of sp³-hybridized carbons (Fsp3) is 0.556. The molecule has 0 saturated carbocycles. The van der Waals surface area contributed by atoms with E-state index in [0.29, 0.717) is 6.61 Å². The molecule has 0 radical (unpaired) electrons. The number of aliphatic carboxylic acids is 1. The Morgan fingerprint density at radius 3 is 2.46 bits per heavy atom. The van der Waals surface area contributed by atoms with Crippen molar-refractivity contribution in [3.05, 3.63) is 35.9 Å². The lowest BCUT2D eigenvalue weighted by Crippen LogP contribution is -2.52. The molecule has 0 bridgehead atoms. The fourth-order valence-electron chi connectivity index (χ4n) is 3.55.